The van der Waals surface area contributed by atoms with Crippen LogP contribution in [0.1, 0.15) is 86.6 Å². The zero-order valence-electron chi connectivity index (χ0n) is 26.1. The molecule has 6 nitrogen and oxygen atoms in total. The first-order chi connectivity index (χ1) is 19.0. The van der Waals surface area contributed by atoms with Crippen molar-refractivity contribution in [2.45, 2.75) is 99.5 Å². The van der Waals surface area contributed by atoms with Gasteiger partial charge in [0.1, 0.15) is 5.75 Å². The van der Waals surface area contributed by atoms with Crippen LogP contribution in [0, 0.1) is 11.8 Å². The van der Waals surface area contributed by atoms with Gasteiger partial charge < -0.3 is 14.6 Å². The molecule has 1 aromatic carbocycles. The third-order valence-corrected chi connectivity index (χ3v) is 5.08. The number of hydrogen-bond acceptors (Lipinski definition) is 6. The molecular weight excluding hydrogens is 525 g/mol. The van der Waals surface area contributed by atoms with E-state index in [1.165, 1.54) is 19.2 Å². The Bertz CT molecular complexity index is 779. The molecule has 1 aliphatic rings. The second-order valence-corrected chi connectivity index (χ2v) is 8.50. The second kappa shape index (κ2) is 26.8. The molecule has 234 valence electrons. The Morgan fingerprint density at radius 2 is 1.70 bits per heavy atom. The zero-order valence-corrected chi connectivity index (χ0v) is 26.1. The van der Waals surface area contributed by atoms with Gasteiger partial charge in [0.15, 0.2) is 0 Å². The zero-order chi connectivity index (χ0) is 31.6. The van der Waals surface area contributed by atoms with Crippen molar-refractivity contribution < 1.29 is 42.3 Å². The van der Waals surface area contributed by atoms with E-state index < -0.39 is 11.7 Å². The number of carbonyl (C=O) groups is 1. The molecule has 0 spiro atoms. The fraction of sp³-hybridized carbons (Fsp3) is 0.645. The van der Waals surface area contributed by atoms with Crippen molar-refractivity contribution in [2.75, 3.05) is 20.8 Å². The van der Waals surface area contributed by atoms with Crippen molar-refractivity contribution >= 4 is 5.97 Å². The van der Waals surface area contributed by atoms with Gasteiger partial charge in [-0.05, 0) is 64.2 Å². The number of esters is 1. The number of hydrogen-bond donors (Lipinski definition) is 1. The Morgan fingerprint density at radius 1 is 1.10 bits per heavy atom. The van der Waals surface area contributed by atoms with Gasteiger partial charge in [0.05, 0.1) is 31.5 Å². The van der Waals surface area contributed by atoms with Crippen LogP contribution in [0.3, 0.4) is 0 Å². The molecule has 0 aromatic heterocycles. The second-order valence-electron chi connectivity index (χ2n) is 8.50. The first-order valence-corrected chi connectivity index (χ1v) is 13.9. The largest absolute Gasteiger partial charge is 0.497 e. The average Bonchev–Trinajstić information content (AvgIpc) is 2.95. The smallest absolute Gasteiger partial charge is 0.416 e. The van der Waals surface area contributed by atoms with Gasteiger partial charge in [0.25, 0.3) is 0 Å². The first-order valence-electron chi connectivity index (χ1n) is 13.9. The van der Waals surface area contributed by atoms with E-state index in [9.17, 15) is 18.0 Å². The Hall–Kier alpha value is -2.36. The molecule has 3 atom stereocenters. The van der Waals surface area contributed by atoms with Gasteiger partial charge >= 0.3 is 12.1 Å². The van der Waals surface area contributed by atoms with Crippen LogP contribution in [-0.2, 0) is 25.5 Å². The number of alkyl halides is 3. The summed E-state index contributed by atoms with van der Waals surface area (Å²) in [5.74, 6) is 1.12. The van der Waals surface area contributed by atoms with E-state index in [2.05, 4.69) is 49.8 Å². The Labute approximate surface area is 240 Å². The number of aliphatic hydroxyl groups is 1. The van der Waals surface area contributed by atoms with E-state index in [1.54, 1.807) is 6.92 Å². The molecule has 0 amide bonds. The van der Waals surface area contributed by atoms with Gasteiger partial charge in [-0.15, -0.1) is 0 Å². The normalized spacial score (nSPS) is 18.2. The minimum absolute atomic E-state index is 0.0300. The standard InChI is InChI=1S/C14H24O2.C8H7F3O.C6H12O2.C2H6.CH4O/c1-4-6-8-9-13-11-15-16-12(3)14(13)10-7-5-2;1-12-7-4-2-3-6(5-7)8(9,10)11;1-4-6(7)8-5(2)3;2*1-2/h6-8,10,12-14H,4-5,9,11H2,1-3H3;2-5H,1H3;5H,4H2,1-3H3;1-2H3;2H,1H3/b8-6-,10-7+;;;;/t12-,13+,14?;;;;/m1..../s1. The topological polar surface area (TPSA) is 74.2 Å². The molecule has 1 saturated heterocycles. The van der Waals surface area contributed by atoms with Gasteiger partial charge in [-0.1, -0.05) is 65.0 Å². The number of aliphatic hydroxyl groups excluding tert-OH is 1. The lowest BCUT2D eigenvalue weighted by Crippen LogP contribution is -2.35. The third-order valence-electron chi connectivity index (χ3n) is 5.08. The quantitative estimate of drug-likeness (QED) is 0.189. The lowest BCUT2D eigenvalue weighted by molar-refractivity contribution is -0.362. The first kappa shape index (κ1) is 42.1. The number of benzene rings is 1. The van der Waals surface area contributed by atoms with E-state index in [1.807, 2.05) is 27.7 Å². The minimum Gasteiger partial charge on any atom is -0.497 e. The molecule has 40 heavy (non-hydrogen) atoms. The summed E-state index contributed by atoms with van der Waals surface area (Å²) >= 11 is 0. The molecule has 1 unspecified atom stereocenters. The predicted molar refractivity (Wildman–Crippen MR) is 156 cm³/mol. The maximum Gasteiger partial charge on any atom is 0.416 e. The van der Waals surface area contributed by atoms with E-state index in [0.29, 0.717) is 24.9 Å². The molecule has 1 N–H and O–H groups in total. The molecule has 1 aliphatic heterocycles. The highest BCUT2D eigenvalue weighted by atomic mass is 19.4. The van der Waals surface area contributed by atoms with E-state index in [4.69, 9.17) is 19.6 Å². The highest BCUT2D eigenvalue weighted by Crippen LogP contribution is 2.31. The number of halogens is 3. The lowest BCUT2D eigenvalue weighted by Gasteiger charge is -2.33. The van der Waals surface area contributed by atoms with E-state index in [0.717, 1.165) is 38.5 Å². The van der Waals surface area contributed by atoms with Crippen LogP contribution in [0.25, 0.3) is 0 Å². The number of methoxy groups -OCH3 is 1. The summed E-state index contributed by atoms with van der Waals surface area (Å²) < 4.78 is 45.6. The van der Waals surface area contributed by atoms with Crippen molar-refractivity contribution in [3.8, 4) is 5.75 Å². The van der Waals surface area contributed by atoms with Crippen LogP contribution in [0.2, 0.25) is 0 Å². The average molecular weight is 579 g/mol. The van der Waals surface area contributed by atoms with Gasteiger partial charge in [-0.3, -0.25) is 4.79 Å². The Morgan fingerprint density at radius 3 is 2.15 bits per heavy atom. The van der Waals surface area contributed by atoms with Gasteiger partial charge in [0.2, 0.25) is 0 Å². The summed E-state index contributed by atoms with van der Waals surface area (Å²) in [4.78, 5) is 20.8. The van der Waals surface area contributed by atoms with Crippen LogP contribution >= 0.6 is 0 Å². The van der Waals surface area contributed by atoms with Crippen molar-refractivity contribution in [3.63, 3.8) is 0 Å². The summed E-state index contributed by atoms with van der Waals surface area (Å²) in [6.07, 6.45) is 8.65. The molecule has 1 aromatic rings. The predicted octanol–water partition coefficient (Wildman–Crippen LogP) is 8.59. The van der Waals surface area contributed by atoms with Crippen LogP contribution in [0.15, 0.2) is 48.6 Å². The highest BCUT2D eigenvalue weighted by Gasteiger charge is 2.31. The van der Waals surface area contributed by atoms with Gasteiger partial charge in [0, 0.05) is 19.4 Å². The van der Waals surface area contributed by atoms with Crippen LogP contribution in [-0.4, -0.2) is 44.1 Å². The maximum absolute atomic E-state index is 12.0. The van der Waals surface area contributed by atoms with E-state index in [-0.39, 0.29) is 23.9 Å². The van der Waals surface area contributed by atoms with Gasteiger partial charge in [-0.25, -0.2) is 9.78 Å². The molecule has 1 fully saturated rings. The number of allylic oxidation sites excluding steroid dienone is 3. The van der Waals surface area contributed by atoms with Crippen LogP contribution in [0.5, 0.6) is 5.75 Å². The molecular formula is C31H53F3O6. The number of rotatable bonds is 8. The molecule has 0 radical (unpaired) electrons. The molecule has 9 heteroatoms. The Kier molecular flexibility index (Phi) is 28.3. The maximum atomic E-state index is 12.0. The van der Waals surface area contributed by atoms with Crippen LogP contribution in [0.4, 0.5) is 13.2 Å². The number of carbonyl (C=O) groups excluding carboxylic acids is 1. The van der Waals surface area contributed by atoms with Crippen LogP contribution < -0.4 is 4.74 Å². The fourth-order valence-electron chi connectivity index (χ4n) is 3.21. The van der Waals surface area contributed by atoms with E-state index >= 15 is 0 Å². The molecule has 0 aliphatic carbocycles. The third kappa shape index (κ3) is 21.5. The molecule has 1 heterocycles. The highest BCUT2D eigenvalue weighted by molar-refractivity contribution is 5.68. The minimum atomic E-state index is -4.30. The molecule has 0 bridgehead atoms. The summed E-state index contributed by atoms with van der Waals surface area (Å²) in [6.45, 7) is 16.6. The fourth-order valence-corrected chi connectivity index (χ4v) is 3.21. The number of ether oxygens (including phenoxy) is 2. The summed E-state index contributed by atoms with van der Waals surface area (Å²) in [5.41, 5.74) is -0.693. The monoisotopic (exact) mass is 578 g/mol. The van der Waals surface area contributed by atoms with Crippen molar-refractivity contribution in [2.24, 2.45) is 11.8 Å². The summed E-state index contributed by atoms with van der Waals surface area (Å²) in [6, 6.07) is 4.74. The lowest BCUT2D eigenvalue weighted by atomic mass is 9.85. The summed E-state index contributed by atoms with van der Waals surface area (Å²) in [5, 5.41) is 7.00. The molecule has 0 saturated carbocycles. The van der Waals surface area contributed by atoms with Crippen molar-refractivity contribution in [1.82, 2.24) is 0 Å². The SMILES string of the molecule is CC.CC/C=C\C[C@H]1COO[C@H](C)C1/C=C/CC.CCC(=O)OC(C)C.CO.COc1cccc(C(F)(F)F)c1. The summed E-state index contributed by atoms with van der Waals surface area (Å²) in [7, 11) is 2.33. The Balaban J connectivity index is -0.000000506. The van der Waals surface area contributed by atoms with Crippen molar-refractivity contribution in [1.29, 1.82) is 0 Å². The van der Waals surface area contributed by atoms with Gasteiger partial charge in [-0.2, -0.15) is 13.2 Å². The molecule has 2 rings (SSSR count). The van der Waals surface area contributed by atoms with Crippen molar-refractivity contribution in [3.05, 3.63) is 54.1 Å².